The molecule has 9 nitrogen and oxygen atoms in total. The number of fused-ring (bicyclic) bond motifs is 1. The van der Waals surface area contributed by atoms with Crippen LogP contribution in [0, 0.1) is 0 Å². The fourth-order valence-electron chi connectivity index (χ4n) is 5.31. The highest BCUT2D eigenvalue weighted by Crippen LogP contribution is 2.43. The average Bonchev–Trinajstić information content (AvgIpc) is 3.21. The van der Waals surface area contributed by atoms with E-state index in [0.29, 0.717) is 17.8 Å². The first-order valence-electron chi connectivity index (χ1n) is 13.0. The van der Waals surface area contributed by atoms with Crippen molar-refractivity contribution in [3.63, 3.8) is 0 Å². The molecule has 38 heavy (non-hydrogen) atoms. The van der Waals surface area contributed by atoms with Crippen molar-refractivity contribution in [2.24, 2.45) is 7.05 Å². The largest absolute Gasteiger partial charge is 0.369 e. The Labute approximate surface area is 224 Å². The fraction of sp³-hybridized carbons (Fsp3) is 0.393. The molecule has 4 aromatic rings. The summed E-state index contributed by atoms with van der Waals surface area (Å²) in [4.78, 5) is 16.1. The van der Waals surface area contributed by atoms with Crippen molar-refractivity contribution >= 4 is 50.0 Å². The molecule has 1 aliphatic rings. The molecule has 2 aromatic carbocycles. The molecule has 1 saturated carbocycles. The van der Waals surface area contributed by atoms with Crippen LogP contribution in [0.1, 0.15) is 61.3 Å². The second-order valence-corrected chi connectivity index (χ2v) is 12.6. The maximum atomic E-state index is 11.9. The van der Waals surface area contributed by atoms with Gasteiger partial charge in [-0.15, -0.1) is 0 Å². The summed E-state index contributed by atoms with van der Waals surface area (Å²) in [6.07, 6.45) is 8.98. The van der Waals surface area contributed by atoms with Crippen LogP contribution in [0.2, 0.25) is 0 Å². The zero-order chi connectivity index (χ0) is 27.0. The zero-order valence-electron chi connectivity index (χ0n) is 22.3. The lowest BCUT2D eigenvalue weighted by atomic mass is 9.82. The molecule has 0 spiro atoms. The standard InChI is InChI=1S/C28H35N7O2S/c1-18(38(4,36)37)19-10-12-21(13-11-19)31-28-30-17-16-24(32-28)34(2)22-14-15-23-26(33-27(29)35(23)3)25(22)20-8-6-5-7-9-20/h10-18,20H,5-9H2,1-4H3,(H2,29,33)(H,30,31,32). The molecule has 2 aromatic heterocycles. The first kappa shape index (κ1) is 26.0. The summed E-state index contributed by atoms with van der Waals surface area (Å²) in [5.41, 5.74) is 12.1. The van der Waals surface area contributed by atoms with Gasteiger partial charge in [-0.05, 0) is 61.6 Å². The number of nitrogens with zero attached hydrogens (tertiary/aromatic N) is 5. The van der Waals surface area contributed by atoms with Gasteiger partial charge in [0.15, 0.2) is 9.84 Å². The van der Waals surface area contributed by atoms with Gasteiger partial charge < -0.3 is 20.5 Å². The van der Waals surface area contributed by atoms with Crippen molar-refractivity contribution in [2.45, 2.75) is 50.2 Å². The van der Waals surface area contributed by atoms with Crippen molar-refractivity contribution in [1.29, 1.82) is 0 Å². The summed E-state index contributed by atoms with van der Waals surface area (Å²) in [6, 6.07) is 13.4. The van der Waals surface area contributed by atoms with E-state index < -0.39 is 15.1 Å². The number of nitrogens with one attached hydrogen (secondary N) is 1. The number of nitrogen functional groups attached to an aromatic ring is 1. The molecular weight excluding hydrogens is 498 g/mol. The minimum Gasteiger partial charge on any atom is -0.369 e. The van der Waals surface area contributed by atoms with Gasteiger partial charge >= 0.3 is 0 Å². The third-order valence-corrected chi connectivity index (χ3v) is 9.30. The third kappa shape index (κ3) is 5.05. The van der Waals surface area contributed by atoms with E-state index in [2.05, 4.69) is 27.3 Å². The van der Waals surface area contributed by atoms with Crippen LogP contribution in [0.25, 0.3) is 11.0 Å². The van der Waals surface area contributed by atoms with Crippen molar-refractivity contribution in [3.8, 4) is 0 Å². The van der Waals surface area contributed by atoms with E-state index >= 15 is 0 Å². The number of rotatable bonds is 7. The summed E-state index contributed by atoms with van der Waals surface area (Å²) < 4.78 is 25.7. The maximum Gasteiger partial charge on any atom is 0.229 e. The van der Waals surface area contributed by atoms with Gasteiger partial charge in [-0.3, -0.25) is 0 Å². The number of hydrogen-bond acceptors (Lipinski definition) is 8. The van der Waals surface area contributed by atoms with Crippen LogP contribution in [-0.4, -0.2) is 41.2 Å². The molecule has 0 amide bonds. The van der Waals surface area contributed by atoms with Crippen LogP contribution in [0.3, 0.4) is 0 Å². The second kappa shape index (κ2) is 10.2. The fourth-order valence-corrected chi connectivity index (χ4v) is 5.96. The topological polar surface area (TPSA) is 119 Å². The lowest BCUT2D eigenvalue weighted by Crippen LogP contribution is -2.17. The maximum absolute atomic E-state index is 11.9. The Hall–Kier alpha value is -3.66. The lowest BCUT2D eigenvalue weighted by molar-refractivity contribution is 0.445. The molecule has 0 bridgehead atoms. The Bertz CT molecular complexity index is 1560. The molecule has 5 rings (SSSR count). The van der Waals surface area contributed by atoms with Crippen LogP contribution < -0.4 is 16.0 Å². The smallest absolute Gasteiger partial charge is 0.229 e. The van der Waals surface area contributed by atoms with E-state index in [-0.39, 0.29) is 0 Å². The van der Waals surface area contributed by atoms with Gasteiger partial charge in [0, 0.05) is 43.5 Å². The number of aromatic nitrogens is 4. The molecule has 10 heteroatoms. The second-order valence-electron chi connectivity index (χ2n) is 10.2. The van der Waals surface area contributed by atoms with Gasteiger partial charge in [-0.2, -0.15) is 4.98 Å². The van der Waals surface area contributed by atoms with E-state index in [1.165, 1.54) is 31.1 Å². The minimum atomic E-state index is -3.16. The van der Waals surface area contributed by atoms with E-state index in [4.69, 9.17) is 15.7 Å². The van der Waals surface area contributed by atoms with E-state index in [1.807, 2.05) is 49.0 Å². The predicted molar refractivity (Wildman–Crippen MR) is 154 cm³/mol. The molecule has 1 fully saturated rings. The summed E-state index contributed by atoms with van der Waals surface area (Å²) in [5.74, 6) is 2.15. The zero-order valence-corrected chi connectivity index (χ0v) is 23.2. The van der Waals surface area contributed by atoms with Gasteiger partial charge in [0.25, 0.3) is 0 Å². The van der Waals surface area contributed by atoms with Gasteiger partial charge in [-0.25, -0.2) is 18.4 Å². The summed E-state index contributed by atoms with van der Waals surface area (Å²) in [5, 5.41) is 2.68. The summed E-state index contributed by atoms with van der Waals surface area (Å²) in [7, 11) is 0.816. The average molecular weight is 534 g/mol. The number of hydrogen-bond donors (Lipinski definition) is 2. The van der Waals surface area contributed by atoms with Crippen LogP contribution in [0.15, 0.2) is 48.7 Å². The Balaban J connectivity index is 1.45. The van der Waals surface area contributed by atoms with Crippen molar-refractivity contribution < 1.29 is 8.42 Å². The van der Waals surface area contributed by atoms with Crippen molar-refractivity contribution in [1.82, 2.24) is 19.5 Å². The number of benzene rings is 2. The summed E-state index contributed by atoms with van der Waals surface area (Å²) in [6.45, 7) is 1.69. The Morgan fingerprint density at radius 1 is 1.05 bits per heavy atom. The van der Waals surface area contributed by atoms with Crippen LogP contribution in [-0.2, 0) is 16.9 Å². The van der Waals surface area contributed by atoms with Crippen LogP contribution in [0.5, 0.6) is 0 Å². The van der Waals surface area contributed by atoms with Gasteiger partial charge in [-0.1, -0.05) is 31.4 Å². The number of nitrogens with two attached hydrogens (primary N) is 1. The van der Waals surface area contributed by atoms with Gasteiger partial charge in [0.05, 0.1) is 16.3 Å². The quantitative estimate of drug-likeness (QED) is 0.315. The molecule has 0 saturated heterocycles. The minimum absolute atomic E-state index is 0.423. The molecular formula is C28H35N7O2S. The van der Waals surface area contributed by atoms with E-state index in [9.17, 15) is 8.42 Å². The molecule has 3 N–H and O–H groups in total. The molecule has 2 heterocycles. The Morgan fingerprint density at radius 3 is 2.45 bits per heavy atom. The van der Waals surface area contributed by atoms with Crippen LogP contribution in [0.4, 0.5) is 29.1 Å². The van der Waals surface area contributed by atoms with Crippen LogP contribution >= 0.6 is 0 Å². The molecule has 0 aliphatic heterocycles. The van der Waals surface area contributed by atoms with E-state index in [0.717, 1.165) is 46.6 Å². The summed E-state index contributed by atoms with van der Waals surface area (Å²) >= 11 is 0. The molecule has 1 unspecified atom stereocenters. The first-order valence-corrected chi connectivity index (χ1v) is 15.0. The monoisotopic (exact) mass is 533 g/mol. The number of anilines is 5. The first-order chi connectivity index (χ1) is 18.1. The van der Waals surface area contributed by atoms with Crippen molar-refractivity contribution in [3.05, 3.63) is 59.8 Å². The number of imidazole rings is 1. The molecule has 1 atom stereocenters. The van der Waals surface area contributed by atoms with Gasteiger partial charge in [0.2, 0.25) is 11.9 Å². The normalized spacial score (nSPS) is 15.5. The number of aryl methyl sites for hydroxylation is 1. The lowest BCUT2D eigenvalue weighted by Gasteiger charge is -2.28. The molecule has 200 valence electrons. The molecule has 1 aliphatic carbocycles. The third-order valence-electron chi connectivity index (χ3n) is 7.74. The highest BCUT2D eigenvalue weighted by atomic mass is 32.2. The van der Waals surface area contributed by atoms with Crippen molar-refractivity contribution in [2.75, 3.05) is 29.3 Å². The van der Waals surface area contributed by atoms with E-state index in [1.54, 1.807) is 13.1 Å². The highest BCUT2D eigenvalue weighted by molar-refractivity contribution is 7.90. The van der Waals surface area contributed by atoms with Gasteiger partial charge in [0.1, 0.15) is 5.82 Å². The predicted octanol–water partition coefficient (Wildman–Crippen LogP) is 5.61. The number of sulfone groups is 1. The molecule has 0 radical (unpaired) electrons. The Morgan fingerprint density at radius 2 is 1.76 bits per heavy atom. The highest BCUT2D eigenvalue weighted by Gasteiger charge is 2.26. The SMILES string of the molecule is CC(c1ccc(Nc2nccc(N(C)c3ccc4c(nc(N)n4C)c3C3CCCCC3)n2)cc1)S(C)(=O)=O. The Kier molecular flexibility index (Phi) is 7.00.